The van der Waals surface area contributed by atoms with E-state index in [1.807, 2.05) is 18.2 Å². The lowest BCUT2D eigenvalue weighted by molar-refractivity contribution is 0.104. The van der Waals surface area contributed by atoms with E-state index in [1.165, 1.54) is 26.4 Å². The number of hydrogen-bond donors (Lipinski definition) is 1. The molecular formula is C17H16O4. The van der Waals surface area contributed by atoms with E-state index in [2.05, 4.69) is 0 Å². The van der Waals surface area contributed by atoms with Crippen LogP contribution in [0.4, 0.5) is 0 Å². The molecular weight excluding hydrogens is 268 g/mol. The zero-order valence-corrected chi connectivity index (χ0v) is 11.9. The molecule has 0 saturated heterocycles. The summed E-state index contributed by atoms with van der Waals surface area (Å²) in [6.45, 7) is 0. The van der Waals surface area contributed by atoms with Crippen molar-refractivity contribution in [1.29, 1.82) is 0 Å². The van der Waals surface area contributed by atoms with E-state index in [-0.39, 0.29) is 11.5 Å². The molecule has 0 aliphatic heterocycles. The zero-order valence-electron chi connectivity index (χ0n) is 11.9. The number of ether oxygens (including phenoxy) is 2. The highest BCUT2D eigenvalue weighted by molar-refractivity contribution is 6.06. The number of phenolic OH excluding ortho intramolecular Hbond substituents is 1. The largest absolute Gasteiger partial charge is 0.504 e. The molecule has 2 aromatic rings. The lowest BCUT2D eigenvalue weighted by Gasteiger charge is -2.09. The Labute approximate surface area is 123 Å². The van der Waals surface area contributed by atoms with E-state index in [4.69, 9.17) is 9.47 Å². The van der Waals surface area contributed by atoms with Gasteiger partial charge in [0.15, 0.2) is 17.3 Å². The van der Waals surface area contributed by atoms with Crippen LogP contribution in [0.1, 0.15) is 15.9 Å². The standard InChI is InChI=1S/C17H16O4/c1-20-16-11-15(19)17(21-2)10-13(16)8-9-14(18)12-6-4-3-5-7-12/h3-11,19H,1-2H3/b9-8+. The van der Waals surface area contributed by atoms with Gasteiger partial charge >= 0.3 is 0 Å². The van der Waals surface area contributed by atoms with Crippen molar-refractivity contribution in [3.63, 3.8) is 0 Å². The maximum atomic E-state index is 12.0. The van der Waals surface area contributed by atoms with E-state index in [1.54, 1.807) is 24.3 Å². The zero-order chi connectivity index (χ0) is 15.2. The molecule has 0 atom stereocenters. The molecule has 108 valence electrons. The van der Waals surface area contributed by atoms with Gasteiger partial charge in [-0.1, -0.05) is 30.3 Å². The predicted octanol–water partition coefficient (Wildman–Crippen LogP) is 3.31. The van der Waals surface area contributed by atoms with Crippen LogP contribution in [0.2, 0.25) is 0 Å². The summed E-state index contributed by atoms with van der Waals surface area (Å²) < 4.78 is 10.2. The number of aromatic hydroxyl groups is 1. The molecule has 21 heavy (non-hydrogen) atoms. The first kappa shape index (κ1) is 14.7. The van der Waals surface area contributed by atoms with Crippen molar-refractivity contribution in [2.45, 2.75) is 0 Å². The fourth-order valence-corrected chi connectivity index (χ4v) is 1.90. The minimum atomic E-state index is -0.107. The molecule has 0 aromatic heterocycles. The number of ketones is 1. The van der Waals surface area contributed by atoms with Crippen LogP contribution in [0.5, 0.6) is 17.2 Å². The second kappa shape index (κ2) is 6.61. The molecule has 0 amide bonds. The van der Waals surface area contributed by atoms with Crippen LogP contribution in [-0.2, 0) is 0 Å². The van der Waals surface area contributed by atoms with Crippen LogP contribution >= 0.6 is 0 Å². The van der Waals surface area contributed by atoms with Gasteiger partial charge in [0.2, 0.25) is 0 Å². The molecule has 4 nitrogen and oxygen atoms in total. The van der Waals surface area contributed by atoms with Gasteiger partial charge in [-0.15, -0.1) is 0 Å². The molecule has 0 bridgehead atoms. The van der Waals surface area contributed by atoms with Crippen molar-refractivity contribution in [3.05, 3.63) is 59.7 Å². The van der Waals surface area contributed by atoms with E-state index in [0.717, 1.165) is 0 Å². The Balaban J connectivity index is 2.30. The van der Waals surface area contributed by atoms with Gasteiger partial charge in [-0.2, -0.15) is 0 Å². The second-order valence-corrected chi connectivity index (χ2v) is 4.33. The number of carbonyl (C=O) groups excluding carboxylic acids is 1. The summed E-state index contributed by atoms with van der Waals surface area (Å²) in [6, 6.07) is 12.0. The fourth-order valence-electron chi connectivity index (χ4n) is 1.90. The first-order valence-electron chi connectivity index (χ1n) is 6.38. The molecule has 0 fully saturated rings. The number of methoxy groups -OCH3 is 2. The maximum absolute atomic E-state index is 12.0. The Bertz CT molecular complexity index is 660. The summed E-state index contributed by atoms with van der Waals surface area (Å²) in [5, 5.41) is 9.71. The summed E-state index contributed by atoms with van der Waals surface area (Å²) >= 11 is 0. The Hall–Kier alpha value is -2.75. The molecule has 0 spiro atoms. The first-order valence-corrected chi connectivity index (χ1v) is 6.38. The second-order valence-electron chi connectivity index (χ2n) is 4.33. The van der Waals surface area contributed by atoms with Gasteiger partial charge < -0.3 is 14.6 Å². The summed E-state index contributed by atoms with van der Waals surface area (Å²) in [6.07, 6.45) is 3.10. The van der Waals surface area contributed by atoms with Crippen LogP contribution in [0, 0.1) is 0 Å². The molecule has 4 heteroatoms. The average Bonchev–Trinajstić information content (AvgIpc) is 2.53. The Kier molecular flexibility index (Phi) is 4.61. The van der Waals surface area contributed by atoms with Gasteiger partial charge in [0, 0.05) is 17.2 Å². The number of hydrogen-bond acceptors (Lipinski definition) is 4. The topological polar surface area (TPSA) is 55.8 Å². The van der Waals surface area contributed by atoms with Gasteiger partial charge in [-0.25, -0.2) is 0 Å². The first-order chi connectivity index (χ1) is 10.2. The molecule has 0 heterocycles. The predicted molar refractivity (Wildman–Crippen MR) is 81.0 cm³/mol. The van der Waals surface area contributed by atoms with Gasteiger partial charge in [-0.3, -0.25) is 4.79 Å². The molecule has 0 radical (unpaired) electrons. The molecule has 2 aromatic carbocycles. The Morgan fingerprint density at radius 2 is 1.71 bits per heavy atom. The van der Waals surface area contributed by atoms with Crippen LogP contribution in [0.25, 0.3) is 6.08 Å². The Morgan fingerprint density at radius 3 is 2.33 bits per heavy atom. The minimum Gasteiger partial charge on any atom is -0.504 e. The molecule has 1 N–H and O–H groups in total. The van der Waals surface area contributed by atoms with Crippen LogP contribution in [0.15, 0.2) is 48.5 Å². The lowest BCUT2D eigenvalue weighted by Crippen LogP contribution is -1.94. The third kappa shape index (κ3) is 3.42. The SMILES string of the molecule is COc1cc(/C=C/C(=O)c2ccccc2)c(OC)cc1O. The Morgan fingerprint density at radius 1 is 1.05 bits per heavy atom. The minimum absolute atomic E-state index is 0.0131. The third-order valence-electron chi connectivity index (χ3n) is 3.00. The van der Waals surface area contributed by atoms with Crippen molar-refractivity contribution in [2.75, 3.05) is 14.2 Å². The van der Waals surface area contributed by atoms with Crippen LogP contribution in [0.3, 0.4) is 0 Å². The maximum Gasteiger partial charge on any atom is 0.185 e. The number of rotatable bonds is 5. The number of carbonyl (C=O) groups is 1. The number of phenols is 1. The van der Waals surface area contributed by atoms with Gasteiger partial charge in [0.05, 0.1) is 14.2 Å². The quantitative estimate of drug-likeness (QED) is 0.676. The highest BCUT2D eigenvalue weighted by Crippen LogP contribution is 2.34. The van der Waals surface area contributed by atoms with Gasteiger partial charge in [0.1, 0.15) is 5.75 Å². The van der Waals surface area contributed by atoms with E-state index < -0.39 is 0 Å². The van der Waals surface area contributed by atoms with Crippen molar-refractivity contribution in [3.8, 4) is 17.2 Å². The monoisotopic (exact) mass is 284 g/mol. The van der Waals surface area contributed by atoms with E-state index >= 15 is 0 Å². The summed E-state index contributed by atoms with van der Waals surface area (Å²) in [7, 11) is 2.96. The van der Waals surface area contributed by atoms with Crippen LogP contribution in [-0.4, -0.2) is 25.1 Å². The summed E-state index contributed by atoms with van der Waals surface area (Å²) in [4.78, 5) is 12.0. The van der Waals surface area contributed by atoms with Crippen molar-refractivity contribution >= 4 is 11.9 Å². The van der Waals surface area contributed by atoms with E-state index in [0.29, 0.717) is 22.6 Å². The molecule has 0 unspecified atom stereocenters. The smallest absolute Gasteiger partial charge is 0.185 e. The summed E-state index contributed by atoms with van der Waals surface area (Å²) in [5.41, 5.74) is 1.26. The van der Waals surface area contributed by atoms with E-state index in [9.17, 15) is 9.90 Å². The molecule has 0 saturated carbocycles. The molecule has 0 aliphatic rings. The number of benzene rings is 2. The molecule has 0 aliphatic carbocycles. The van der Waals surface area contributed by atoms with Gasteiger partial charge in [-0.05, 0) is 18.2 Å². The fraction of sp³-hybridized carbons (Fsp3) is 0.118. The lowest BCUT2D eigenvalue weighted by atomic mass is 10.1. The average molecular weight is 284 g/mol. The highest BCUT2D eigenvalue weighted by Gasteiger charge is 2.09. The third-order valence-corrected chi connectivity index (χ3v) is 3.00. The van der Waals surface area contributed by atoms with Gasteiger partial charge in [0.25, 0.3) is 0 Å². The highest BCUT2D eigenvalue weighted by atomic mass is 16.5. The summed E-state index contributed by atoms with van der Waals surface area (Å²) in [5.74, 6) is 0.665. The normalized spacial score (nSPS) is 10.6. The van der Waals surface area contributed by atoms with Crippen molar-refractivity contribution in [1.82, 2.24) is 0 Å². The van der Waals surface area contributed by atoms with Crippen molar-refractivity contribution < 1.29 is 19.4 Å². The molecule has 2 rings (SSSR count). The van der Waals surface area contributed by atoms with Crippen LogP contribution < -0.4 is 9.47 Å². The van der Waals surface area contributed by atoms with Crippen molar-refractivity contribution in [2.24, 2.45) is 0 Å². The number of allylic oxidation sites excluding steroid dienone is 1.